The molecule has 0 radical (unpaired) electrons. The van der Waals surface area contributed by atoms with Crippen LogP contribution in [0.1, 0.15) is 27.3 Å². The minimum Gasteiger partial charge on any atom is -0.472 e. The van der Waals surface area contributed by atoms with Gasteiger partial charge in [-0.25, -0.2) is 8.78 Å². The fourth-order valence-corrected chi connectivity index (χ4v) is 3.27. The maximum absolute atomic E-state index is 13.9. The molecule has 2 aromatic carbocycles. The van der Waals surface area contributed by atoms with Gasteiger partial charge in [0, 0.05) is 24.2 Å². The molecule has 7 nitrogen and oxygen atoms in total. The first kappa shape index (κ1) is 22.6. The van der Waals surface area contributed by atoms with Crippen LogP contribution in [0.2, 0.25) is 0 Å². The van der Waals surface area contributed by atoms with Gasteiger partial charge in [-0.05, 0) is 52.7 Å². The molecule has 3 rings (SSSR count). The Morgan fingerprint density at radius 3 is 2.65 bits per heavy atom. The van der Waals surface area contributed by atoms with Crippen molar-refractivity contribution in [1.29, 1.82) is 0 Å². The number of aromatic nitrogens is 2. The summed E-state index contributed by atoms with van der Waals surface area (Å²) in [5, 5.41) is 12.3. The Morgan fingerprint density at radius 1 is 1.26 bits per heavy atom. The Labute approximate surface area is 184 Å². The molecule has 31 heavy (non-hydrogen) atoms. The largest absolute Gasteiger partial charge is 0.472 e. The normalized spacial score (nSPS) is 10.8. The monoisotopic (exact) mass is 493 g/mol. The number of rotatable bonds is 6. The van der Waals surface area contributed by atoms with E-state index in [0.29, 0.717) is 16.8 Å². The third kappa shape index (κ3) is 4.64. The summed E-state index contributed by atoms with van der Waals surface area (Å²) < 4.78 is 33.5. The van der Waals surface area contributed by atoms with E-state index < -0.39 is 23.8 Å². The molecule has 1 aromatic heterocycles. The number of hydrogen-bond acceptors (Lipinski definition) is 5. The molecular weight excluding hydrogens is 476 g/mol. The molecule has 0 aliphatic carbocycles. The summed E-state index contributed by atoms with van der Waals surface area (Å²) in [6, 6.07) is 7.82. The Morgan fingerprint density at radius 2 is 2.00 bits per heavy atom. The van der Waals surface area contributed by atoms with Crippen LogP contribution in [-0.2, 0) is 13.2 Å². The van der Waals surface area contributed by atoms with Gasteiger partial charge in [0.2, 0.25) is 5.88 Å². The summed E-state index contributed by atoms with van der Waals surface area (Å²) in [7, 11) is 1.49. The third-order valence-corrected chi connectivity index (χ3v) is 5.21. The van der Waals surface area contributed by atoms with E-state index >= 15 is 0 Å². The minimum absolute atomic E-state index is 0.0417. The number of carbonyl (C=O) groups excluding carboxylic acids is 1. The van der Waals surface area contributed by atoms with E-state index in [1.165, 1.54) is 19.2 Å². The molecule has 162 valence electrons. The lowest BCUT2D eigenvalue weighted by molar-refractivity contribution is 0.0963. The highest BCUT2D eigenvalue weighted by Gasteiger charge is 2.19. The summed E-state index contributed by atoms with van der Waals surface area (Å²) in [5.74, 6) is -2.06. The van der Waals surface area contributed by atoms with Crippen LogP contribution in [0.15, 0.2) is 45.7 Å². The van der Waals surface area contributed by atoms with Gasteiger partial charge in [-0.1, -0.05) is 6.07 Å². The lowest BCUT2D eigenvalue weighted by Gasteiger charge is -2.17. The summed E-state index contributed by atoms with van der Waals surface area (Å²) in [5.41, 5.74) is 0.826. The van der Waals surface area contributed by atoms with Crippen LogP contribution in [0.25, 0.3) is 5.69 Å². The fraction of sp³-hybridized carbons (Fsp3) is 0.190. The van der Waals surface area contributed by atoms with Crippen LogP contribution < -0.4 is 15.6 Å². The molecule has 10 heteroatoms. The molecule has 0 aliphatic rings. The molecule has 0 spiro atoms. The van der Waals surface area contributed by atoms with Gasteiger partial charge >= 0.3 is 0 Å². The lowest BCUT2D eigenvalue weighted by Crippen LogP contribution is -2.27. The van der Waals surface area contributed by atoms with Crippen molar-refractivity contribution in [2.24, 2.45) is 0 Å². The van der Waals surface area contributed by atoms with E-state index in [9.17, 15) is 23.5 Å². The second kappa shape index (κ2) is 9.36. The van der Waals surface area contributed by atoms with E-state index in [0.717, 1.165) is 16.7 Å². The van der Waals surface area contributed by atoms with E-state index in [1.54, 1.807) is 19.1 Å². The van der Waals surface area contributed by atoms with Gasteiger partial charge in [0.05, 0.1) is 5.69 Å². The number of hydrogen-bond donors (Lipinski definition) is 2. The van der Waals surface area contributed by atoms with Gasteiger partial charge in [-0.15, -0.1) is 0 Å². The van der Waals surface area contributed by atoms with Gasteiger partial charge in [-0.3, -0.25) is 14.2 Å². The third-order valence-electron chi connectivity index (χ3n) is 4.53. The Bertz CT molecular complexity index is 1210. The second-order valence-corrected chi connectivity index (χ2v) is 7.34. The molecule has 0 saturated carbocycles. The summed E-state index contributed by atoms with van der Waals surface area (Å²) in [6.45, 7) is 0.830. The van der Waals surface area contributed by atoms with Crippen LogP contribution in [-0.4, -0.2) is 27.6 Å². The number of nitrogens with zero attached hydrogens (tertiary/aromatic N) is 2. The highest BCUT2D eigenvalue weighted by atomic mass is 79.9. The van der Waals surface area contributed by atoms with E-state index in [-0.39, 0.29) is 34.3 Å². The Kier molecular flexibility index (Phi) is 6.81. The van der Waals surface area contributed by atoms with Gasteiger partial charge < -0.3 is 15.2 Å². The summed E-state index contributed by atoms with van der Waals surface area (Å²) >= 11 is 3.15. The molecule has 0 aliphatic heterocycles. The van der Waals surface area contributed by atoms with E-state index in [4.69, 9.17) is 4.74 Å². The van der Waals surface area contributed by atoms with Crippen LogP contribution >= 0.6 is 15.9 Å². The maximum atomic E-state index is 13.9. The number of aryl methyl sites for hydroxylation is 1. The van der Waals surface area contributed by atoms with Crippen LogP contribution in [0.4, 0.5) is 8.78 Å². The maximum Gasteiger partial charge on any atom is 0.276 e. The molecule has 0 saturated heterocycles. The minimum atomic E-state index is -0.798. The van der Waals surface area contributed by atoms with E-state index in [1.807, 2.05) is 0 Å². The highest BCUT2D eigenvalue weighted by Crippen LogP contribution is 2.24. The first-order chi connectivity index (χ1) is 14.8. The zero-order chi connectivity index (χ0) is 22.7. The number of nitrogens with one attached hydrogen (secondary N) is 1. The van der Waals surface area contributed by atoms with Gasteiger partial charge in [0.15, 0.2) is 0 Å². The Balaban J connectivity index is 2.04. The van der Waals surface area contributed by atoms with Gasteiger partial charge in [0.25, 0.3) is 11.5 Å². The van der Waals surface area contributed by atoms with Crippen molar-refractivity contribution in [3.63, 3.8) is 0 Å². The number of carbonyl (C=O) groups is 1. The predicted molar refractivity (Wildman–Crippen MR) is 112 cm³/mol. The fourth-order valence-electron chi connectivity index (χ4n) is 2.89. The molecule has 1 amide bonds. The molecule has 0 atom stereocenters. The van der Waals surface area contributed by atoms with Gasteiger partial charge in [0.1, 0.15) is 35.1 Å². The quantitative estimate of drug-likeness (QED) is 0.550. The first-order valence-corrected chi connectivity index (χ1v) is 9.88. The van der Waals surface area contributed by atoms with Crippen LogP contribution in [0, 0.1) is 18.6 Å². The van der Waals surface area contributed by atoms with Crippen LogP contribution in [0.5, 0.6) is 5.88 Å². The van der Waals surface area contributed by atoms with Crippen molar-refractivity contribution >= 4 is 21.8 Å². The predicted octanol–water partition coefficient (Wildman–Crippen LogP) is 3.01. The second-order valence-electron chi connectivity index (χ2n) is 6.55. The molecule has 0 fully saturated rings. The van der Waals surface area contributed by atoms with Crippen molar-refractivity contribution in [1.82, 2.24) is 14.9 Å². The standard InChI is InChI=1S/C21H18BrF2N3O4/c1-11-3-4-12(19(29)25-2)7-16(11)27-17(9-28)26-20(18(22)21(27)30)31-10-13-5-6-14(23)8-15(13)24/h3-8,28H,9-10H2,1-2H3,(H,25,29). The zero-order valence-electron chi connectivity index (χ0n) is 16.6. The average Bonchev–Trinajstić information content (AvgIpc) is 2.75. The summed E-state index contributed by atoms with van der Waals surface area (Å²) in [6.07, 6.45) is 0. The number of aliphatic hydroxyl groups is 1. The van der Waals surface area contributed by atoms with Crippen molar-refractivity contribution in [2.75, 3.05) is 7.05 Å². The average molecular weight is 494 g/mol. The SMILES string of the molecule is CNC(=O)c1ccc(C)c(-n2c(CO)nc(OCc3ccc(F)cc3F)c(Br)c2=O)c1. The molecule has 1 heterocycles. The van der Waals surface area contributed by atoms with Crippen molar-refractivity contribution in [2.45, 2.75) is 20.1 Å². The molecule has 0 bridgehead atoms. The molecule has 3 aromatic rings. The zero-order valence-corrected chi connectivity index (χ0v) is 18.2. The lowest BCUT2D eigenvalue weighted by atomic mass is 10.1. The number of amides is 1. The molecule has 0 unspecified atom stereocenters. The first-order valence-electron chi connectivity index (χ1n) is 9.09. The molecular formula is C21H18BrF2N3O4. The van der Waals surface area contributed by atoms with Crippen LogP contribution in [0.3, 0.4) is 0 Å². The summed E-state index contributed by atoms with van der Waals surface area (Å²) in [4.78, 5) is 29.2. The van der Waals surface area contributed by atoms with Crippen molar-refractivity contribution in [3.8, 4) is 11.6 Å². The topological polar surface area (TPSA) is 93.5 Å². The molecule has 2 N–H and O–H groups in total. The number of ether oxygens (including phenoxy) is 1. The Hall–Kier alpha value is -3.11. The van der Waals surface area contributed by atoms with Gasteiger partial charge in [-0.2, -0.15) is 4.98 Å². The smallest absolute Gasteiger partial charge is 0.276 e. The number of halogens is 3. The number of aliphatic hydroxyl groups excluding tert-OH is 1. The van der Waals surface area contributed by atoms with Crippen molar-refractivity contribution < 1.29 is 23.4 Å². The number of benzene rings is 2. The highest BCUT2D eigenvalue weighted by molar-refractivity contribution is 9.10. The van der Waals surface area contributed by atoms with Crippen molar-refractivity contribution in [3.05, 3.63) is 85.4 Å². The van der Waals surface area contributed by atoms with E-state index in [2.05, 4.69) is 26.2 Å².